The van der Waals surface area contributed by atoms with E-state index in [1.54, 1.807) is 53.5 Å². The molecule has 0 aliphatic carbocycles. The molecule has 0 saturated heterocycles. The molecule has 0 spiro atoms. The van der Waals surface area contributed by atoms with E-state index < -0.39 is 17.6 Å². The van der Waals surface area contributed by atoms with Gasteiger partial charge in [-0.3, -0.25) is 0 Å². The van der Waals surface area contributed by atoms with Gasteiger partial charge in [-0.25, -0.2) is 9.97 Å². The van der Waals surface area contributed by atoms with Crippen LogP contribution in [0.4, 0.5) is 0 Å². The third kappa shape index (κ3) is 4.35. The van der Waals surface area contributed by atoms with Crippen LogP contribution >= 0.6 is 0 Å². The van der Waals surface area contributed by atoms with Crippen LogP contribution < -0.4 is 0 Å². The van der Waals surface area contributed by atoms with E-state index in [2.05, 4.69) is 9.97 Å². The Balaban J connectivity index is 2.22. The zero-order valence-electron chi connectivity index (χ0n) is 13.7. The van der Waals surface area contributed by atoms with Crippen LogP contribution in [0.5, 0.6) is 0 Å². The predicted molar refractivity (Wildman–Crippen MR) is 85.1 cm³/mol. The van der Waals surface area contributed by atoms with Crippen molar-refractivity contribution in [2.45, 2.75) is 12.3 Å². The molecule has 0 radical (unpaired) electrons. The second-order valence-corrected chi connectivity index (χ2v) is 10.6. The zero-order chi connectivity index (χ0) is 16.8. The molecule has 0 aliphatic heterocycles. The Bertz CT molecular complexity index is 508. The summed E-state index contributed by atoms with van der Waals surface area (Å²) in [6, 6.07) is 0. The molecule has 128 valence electrons. The van der Waals surface area contributed by atoms with E-state index >= 15 is 0 Å². The molecule has 0 amide bonds. The summed E-state index contributed by atoms with van der Waals surface area (Å²) in [4.78, 5) is 8.06. The van der Waals surface area contributed by atoms with Crippen LogP contribution in [-0.4, -0.2) is 65.2 Å². The average molecular weight is 359 g/mol. The van der Waals surface area contributed by atoms with Crippen molar-refractivity contribution in [3.05, 3.63) is 37.4 Å². The van der Waals surface area contributed by atoms with Crippen LogP contribution in [-0.2, 0) is 34.2 Å². The van der Waals surface area contributed by atoms with Crippen molar-refractivity contribution < 1.29 is 21.8 Å². The number of hydrogen-bond donors (Lipinski definition) is 0. The average Bonchev–Trinajstić information content (AvgIpc) is 3.27. The first-order valence-corrected chi connectivity index (χ1v) is 10.8. The lowest BCUT2D eigenvalue weighted by Crippen LogP contribution is -2.61. The standard InChI is InChI=1S/C12H22N4O5Si2/c1-17-22(18-2,11-15-7-5-13-9-15)21-23(19-3,20-4)12-16-8-6-14-10-16/h5-10H,11-12H2,1-4H3. The van der Waals surface area contributed by atoms with Gasteiger partial charge >= 0.3 is 17.6 Å². The fraction of sp³-hybridized carbons (Fsp3) is 0.500. The number of nitrogens with zero attached hydrogens (tertiary/aromatic N) is 4. The lowest BCUT2D eigenvalue weighted by atomic mass is 10.9. The molecule has 0 fully saturated rings. The summed E-state index contributed by atoms with van der Waals surface area (Å²) in [5.74, 6) is 0. The van der Waals surface area contributed by atoms with Gasteiger partial charge in [-0.1, -0.05) is 0 Å². The minimum atomic E-state index is -3.06. The van der Waals surface area contributed by atoms with E-state index in [1.165, 1.54) is 0 Å². The van der Waals surface area contributed by atoms with Gasteiger partial charge < -0.3 is 31.0 Å². The van der Waals surface area contributed by atoms with Gasteiger partial charge in [0.15, 0.2) is 0 Å². The zero-order valence-corrected chi connectivity index (χ0v) is 15.7. The Labute approximate surface area is 137 Å². The highest BCUT2D eigenvalue weighted by molar-refractivity contribution is 6.73. The fourth-order valence-electron chi connectivity index (χ4n) is 2.10. The lowest BCUT2D eigenvalue weighted by molar-refractivity contribution is 0.0778. The molecule has 0 aromatic carbocycles. The number of aromatic nitrogens is 4. The van der Waals surface area contributed by atoms with E-state index in [9.17, 15) is 0 Å². The summed E-state index contributed by atoms with van der Waals surface area (Å²) in [6.45, 7) is 0. The van der Waals surface area contributed by atoms with Crippen LogP contribution in [0.1, 0.15) is 0 Å². The number of rotatable bonds is 10. The third-order valence-electron chi connectivity index (χ3n) is 3.43. The van der Waals surface area contributed by atoms with E-state index in [4.69, 9.17) is 21.8 Å². The second kappa shape index (κ2) is 7.96. The van der Waals surface area contributed by atoms with Gasteiger partial charge in [-0.2, -0.15) is 0 Å². The first-order valence-electron chi connectivity index (χ1n) is 6.93. The topological polar surface area (TPSA) is 81.8 Å². The van der Waals surface area contributed by atoms with E-state index in [0.29, 0.717) is 12.3 Å². The largest absolute Gasteiger partial charge is 0.514 e. The lowest BCUT2D eigenvalue weighted by Gasteiger charge is -2.35. The van der Waals surface area contributed by atoms with Crippen LogP contribution in [0.2, 0.25) is 0 Å². The highest BCUT2D eigenvalue weighted by Gasteiger charge is 2.53. The molecular formula is C12H22N4O5Si2. The van der Waals surface area contributed by atoms with Crippen LogP contribution in [0.25, 0.3) is 0 Å². The van der Waals surface area contributed by atoms with Gasteiger partial charge in [0.05, 0.1) is 25.0 Å². The smallest absolute Gasteiger partial charge is 0.376 e. The molecule has 0 N–H and O–H groups in total. The Morgan fingerprint density at radius 2 is 1.13 bits per heavy atom. The molecule has 0 aliphatic rings. The molecule has 2 aromatic heterocycles. The van der Waals surface area contributed by atoms with Crippen molar-refractivity contribution >= 4 is 17.6 Å². The summed E-state index contributed by atoms with van der Waals surface area (Å²) in [5, 5.41) is 0. The summed E-state index contributed by atoms with van der Waals surface area (Å²) in [7, 11) is 0.140. The van der Waals surface area contributed by atoms with Crippen molar-refractivity contribution in [3.8, 4) is 0 Å². The van der Waals surface area contributed by atoms with Crippen LogP contribution in [0, 0.1) is 0 Å². The van der Waals surface area contributed by atoms with Crippen LogP contribution in [0.15, 0.2) is 37.4 Å². The van der Waals surface area contributed by atoms with Crippen molar-refractivity contribution in [3.63, 3.8) is 0 Å². The van der Waals surface area contributed by atoms with Gasteiger partial charge in [-0.15, -0.1) is 0 Å². The first kappa shape index (κ1) is 18.0. The van der Waals surface area contributed by atoms with Gasteiger partial charge in [-0.05, 0) is 0 Å². The molecular weight excluding hydrogens is 336 g/mol. The SMILES string of the molecule is CO[Si](Cn1ccnc1)(OC)O[Si](Cn1ccnc1)(OC)OC. The molecule has 0 bridgehead atoms. The van der Waals surface area contributed by atoms with E-state index in [1.807, 2.05) is 21.5 Å². The molecule has 2 aromatic rings. The Kier molecular flexibility index (Phi) is 6.23. The van der Waals surface area contributed by atoms with Crippen molar-refractivity contribution in [2.75, 3.05) is 28.4 Å². The molecule has 2 rings (SSSR count). The Morgan fingerprint density at radius 3 is 1.39 bits per heavy atom. The number of hydrogen-bond acceptors (Lipinski definition) is 7. The quantitative estimate of drug-likeness (QED) is 0.566. The molecule has 2 heterocycles. The molecule has 11 heteroatoms. The van der Waals surface area contributed by atoms with Crippen molar-refractivity contribution in [2.24, 2.45) is 0 Å². The highest BCUT2D eigenvalue weighted by atomic mass is 28.5. The third-order valence-corrected chi connectivity index (χ3v) is 9.91. The monoisotopic (exact) mass is 358 g/mol. The van der Waals surface area contributed by atoms with Gasteiger partial charge in [0.25, 0.3) is 0 Å². The molecule has 23 heavy (non-hydrogen) atoms. The van der Waals surface area contributed by atoms with Crippen LogP contribution in [0.3, 0.4) is 0 Å². The summed E-state index contributed by atoms with van der Waals surface area (Å²) >= 11 is 0. The molecule has 0 unspecified atom stereocenters. The maximum atomic E-state index is 6.26. The van der Waals surface area contributed by atoms with Gasteiger partial charge in [0.2, 0.25) is 0 Å². The highest BCUT2D eigenvalue weighted by Crippen LogP contribution is 2.21. The van der Waals surface area contributed by atoms with Gasteiger partial charge in [0, 0.05) is 53.2 Å². The van der Waals surface area contributed by atoms with Gasteiger partial charge in [0.1, 0.15) is 0 Å². The van der Waals surface area contributed by atoms with Crippen molar-refractivity contribution in [1.82, 2.24) is 19.1 Å². The first-order chi connectivity index (χ1) is 11.1. The van der Waals surface area contributed by atoms with Crippen molar-refractivity contribution in [1.29, 1.82) is 0 Å². The van der Waals surface area contributed by atoms with E-state index in [-0.39, 0.29) is 0 Å². The maximum Gasteiger partial charge on any atom is 0.514 e. The molecule has 0 saturated carbocycles. The second-order valence-electron chi connectivity index (χ2n) is 4.75. The molecule has 0 atom stereocenters. The summed E-state index contributed by atoms with van der Waals surface area (Å²) in [6.07, 6.45) is 11.2. The fourth-order valence-corrected chi connectivity index (χ4v) is 7.96. The minimum absolute atomic E-state index is 0.408. The minimum Gasteiger partial charge on any atom is -0.376 e. The maximum absolute atomic E-state index is 6.26. The normalized spacial score (nSPS) is 12.7. The van der Waals surface area contributed by atoms with E-state index in [0.717, 1.165) is 0 Å². The predicted octanol–water partition coefficient (Wildman–Crippen LogP) is 0.338. The Morgan fingerprint density at radius 1 is 0.739 bits per heavy atom. The Hall–Kier alpha value is -1.35. The summed E-state index contributed by atoms with van der Waals surface area (Å²) < 4.78 is 32.5. The number of imidazole rings is 2. The molecule has 9 nitrogen and oxygen atoms in total. The summed E-state index contributed by atoms with van der Waals surface area (Å²) in [5.41, 5.74) is 0.